The lowest BCUT2D eigenvalue weighted by molar-refractivity contribution is 1.36. The zero-order valence-electron chi connectivity index (χ0n) is 8.31. The van der Waals surface area contributed by atoms with Crippen molar-refractivity contribution >= 4 is 5.57 Å². The molecule has 0 aliphatic rings. The molecule has 0 spiro atoms. The number of rotatable bonds is 1. The molecule has 1 aromatic carbocycles. The summed E-state index contributed by atoms with van der Waals surface area (Å²) in [5, 5.41) is 0. The summed E-state index contributed by atoms with van der Waals surface area (Å²) in [7, 11) is 0. The van der Waals surface area contributed by atoms with Crippen molar-refractivity contribution in [1.82, 2.24) is 0 Å². The maximum atomic E-state index is 2.22. The Balaban J connectivity index is 3.17. The minimum absolute atomic E-state index is 1.34. The van der Waals surface area contributed by atoms with Crippen molar-refractivity contribution in [1.29, 1.82) is 0 Å². The SMILES string of the molecule is C/C=C(\C)c1cc(C)cc(C)c1. The van der Waals surface area contributed by atoms with Crippen LogP contribution in [0.25, 0.3) is 5.57 Å². The fourth-order valence-electron chi connectivity index (χ4n) is 1.37. The molecule has 0 amide bonds. The van der Waals surface area contributed by atoms with E-state index in [1.54, 1.807) is 0 Å². The monoisotopic (exact) mass is 160 g/mol. The topological polar surface area (TPSA) is 0 Å². The lowest BCUT2D eigenvalue weighted by Gasteiger charge is -2.04. The molecule has 0 aromatic heterocycles. The van der Waals surface area contributed by atoms with Gasteiger partial charge in [-0.3, -0.25) is 0 Å². The summed E-state index contributed by atoms with van der Waals surface area (Å²) < 4.78 is 0. The molecule has 0 heterocycles. The van der Waals surface area contributed by atoms with Crippen molar-refractivity contribution in [2.45, 2.75) is 27.7 Å². The molecule has 1 rings (SSSR count). The molecule has 0 aliphatic carbocycles. The van der Waals surface area contributed by atoms with Crippen LogP contribution < -0.4 is 0 Å². The Morgan fingerprint density at radius 3 is 2.00 bits per heavy atom. The van der Waals surface area contributed by atoms with Crippen LogP contribution >= 0.6 is 0 Å². The van der Waals surface area contributed by atoms with Gasteiger partial charge in [-0.25, -0.2) is 0 Å². The highest BCUT2D eigenvalue weighted by Gasteiger charge is 1.96. The third kappa shape index (κ3) is 1.97. The van der Waals surface area contributed by atoms with Crippen molar-refractivity contribution in [3.05, 3.63) is 41.0 Å². The van der Waals surface area contributed by atoms with E-state index in [9.17, 15) is 0 Å². The van der Waals surface area contributed by atoms with E-state index in [1.807, 2.05) is 0 Å². The number of allylic oxidation sites excluding steroid dienone is 2. The highest BCUT2D eigenvalue weighted by atomic mass is 14.0. The quantitative estimate of drug-likeness (QED) is 0.587. The first-order chi connectivity index (χ1) is 5.63. The minimum atomic E-state index is 1.34. The largest absolute Gasteiger partial charge is 0.0841 e. The Kier molecular flexibility index (Phi) is 2.69. The number of aryl methyl sites for hydroxylation is 2. The zero-order valence-corrected chi connectivity index (χ0v) is 8.31. The molecule has 1 aromatic rings. The van der Waals surface area contributed by atoms with E-state index in [1.165, 1.54) is 22.3 Å². The van der Waals surface area contributed by atoms with Crippen LogP contribution in [0.2, 0.25) is 0 Å². The standard InChI is InChI=1S/C12H16/c1-5-11(4)12-7-9(2)6-10(3)8-12/h5-8H,1-4H3/b11-5+. The molecular weight excluding hydrogens is 144 g/mol. The second kappa shape index (κ2) is 3.57. The average molecular weight is 160 g/mol. The third-order valence-corrected chi connectivity index (χ3v) is 2.11. The van der Waals surface area contributed by atoms with Gasteiger partial charge < -0.3 is 0 Å². The van der Waals surface area contributed by atoms with E-state index in [4.69, 9.17) is 0 Å². The van der Waals surface area contributed by atoms with E-state index in [-0.39, 0.29) is 0 Å². The van der Waals surface area contributed by atoms with Crippen molar-refractivity contribution in [3.63, 3.8) is 0 Å². The van der Waals surface area contributed by atoms with E-state index < -0.39 is 0 Å². The maximum absolute atomic E-state index is 2.22. The summed E-state index contributed by atoms with van der Waals surface area (Å²) >= 11 is 0. The second-order valence-electron chi connectivity index (χ2n) is 3.35. The molecular formula is C12H16. The van der Waals surface area contributed by atoms with Crippen LogP contribution in [0.4, 0.5) is 0 Å². The van der Waals surface area contributed by atoms with Gasteiger partial charge in [0.15, 0.2) is 0 Å². The number of hydrogen-bond donors (Lipinski definition) is 0. The van der Waals surface area contributed by atoms with Crippen LogP contribution in [-0.2, 0) is 0 Å². The summed E-state index contributed by atoms with van der Waals surface area (Å²) in [5.74, 6) is 0. The third-order valence-electron chi connectivity index (χ3n) is 2.11. The summed E-state index contributed by atoms with van der Waals surface area (Å²) in [5.41, 5.74) is 5.37. The maximum Gasteiger partial charge on any atom is -0.0225 e. The number of benzene rings is 1. The molecule has 0 saturated carbocycles. The van der Waals surface area contributed by atoms with Crippen LogP contribution in [0.1, 0.15) is 30.5 Å². The van der Waals surface area contributed by atoms with Gasteiger partial charge in [0, 0.05) is 0 Å². The van der Waals surface area contributed by atoms with E-state index in [2.05, 4.69) is 52.0 Å². The fraction of sp³-hybridized carbons (Fsp3) is 0.333. The van der Waals surface area contributed by atoms with Gasteiger partial charge in [0.2, 0.25) is 0 Å². The summed E-state index contributed by atoms with van der Waals surface area (Å²) in [6.07, 6.45) is 2.15. The van der Waals surface area contributed by atoms with Crippen LogP contribution in [0.15, 0.2) is 24.3 Å². The first kappa shape index (κ1) is 9.05. The molecule has 0 radical (unpaired) electrons. The summed E-state index contributed by atoms with van der Waals surface area (Å²) in [6.45, 7) is 8.50. The lowest BCUT2D eigenvalue weighted by atomic mass is 10.0. The van der Waals surface area contributed by atoms with E-state index >= 15 is 0 Å². The van der Waals surface area contributed by atoms with Gasteiger partial charge in [0.05, 0.1) is 0 Å². The molecule has 0 atom stereocenters. The van der Waals surface area contributed by atoms with Crippen LogP contribution in [-0.4, -0.2) is 0 Å². The van der Waals surface area contributed by atoms with Gasteiger partial charge in [0.25, 0.3) is 0 Å². The predicted molar refractivity (Wildman–Crippen MR) is 55.2 cm³/mol. The van der Waals surface area contributed by atoms with E-state index in [0.29, 0.717) is 0 Å². The summed E-state index contributed by atoms with van der Waals surface area (Å²) in [6, 6.07) is 6.65. The van der Waals surface area contributed by atoms with Gasteiger partial charge in [-0.2, -0.15) is 0 Å². The second-order valence-corrected chi connectivity index (χ2v) is 3.35. The van der Waals surface area contributed by atoms with Gasteiger partial charge in [-0.15, -0.1) is 0 Å². The van der Waals surface area contributed by atoms with E-state index in [0.717, 1.165) is 0 Å². The Labute approximate surface area is 74.9 Å². The van der Waals surface area contributed by atoms with Gasteiger partial charge in [-0.05, 0) is 38.8 Å². The van der Waals surface area contributed by atoms with Crippen molar-refractivity contribution in [2.75, 3.05) is 0 Å². The Hall–Kier alpha value is -1.04. The van der Waals surface area contributed by atoms with Crippen LogP contribution in [0.3, 0.4) is 0 Å². The zero-order chi connectivity index (χ0) is 9.14. The molecule has 12 heavy (non-hydrogen) atoms. The molecule has 0 unspecified atom stereocenters. The van der Waals surface area contributed by atoms with Gasteiger partial charge in [0.1, 0.15) is 0 Å². The lowest BCUT2D eigenvalue weighted by Crippen LogP contribution is -1.83. The van der Waals surface area contributed by atoms with Crippen molar-refractivity contribution in [3.8, 4) is 0 Å². The minimum Gasteiger partial charge on any atom is -0.0841 e. The van der Waals surface area contributed by atoms with Gasteiger partial charge >= 0.3 is 0 Å². The van der Waals surface area contributed by atoms with Gasteiger partial charge in [-0.1, -0.05) is 35.4 Å². The number of hydrogen-bond acceptors (Lipinski definition) is 0. The highest BCUT2D eigenvalue weighted by molar-refractivity contribution is 5.64. The Morgan fingerprint density at radius 2 is 1.58 bits per heavy atom. The molecule has 0 saturated heterocycles. The first-order valence-electron chi connectivity index (χ1n) is 4.35. The smallest absolute Gasteiger partial charge is 0.0225 e. The first-order valence-corrected chi connectivity index (χ1v) is 4.35. The van der Waals surface area contributed by atoms with Crippen LogP contribution in [0, 0.1) is 13.8 Å². The molecule has 0 N–H and O–H groups in total. The van der Waals surface area contributed by atoms with Crippen molar-refractivity contribution < 1.29 is 0 Å². The Bertz CT molecular complexity index is 286. The molecule has 0 fully saturated rings. The highest BCUT2D eigenvalue weighted by Crippen LogP contribution is 2.16. The molecule has 64 valence electrons. The molecule has 0 heteroatoms. The molecule has 0 bridgehead atoms. The fourth-order valence-corrected chi connectivity index (χ4v) is 1.37. The summed E-state index contributed by atoms with van der Waals surface area (Å²) in [4.78, 5) is 0. The van der Waals surface area contributed by atoms with Crippen molar-refractivity contribution in [2.24, 2.45) is 0 Å². The molecule has 0 nitrogen and oxygen atoms in total. The molecule has 0 aliphatic heterocycles. The van der Waals surface area contributed by atoms with Crippen LogP contribution in [0.5, 0.6) is 0 Å². The Morgan fingerprint density at radius 1 is 1.08 bits per heavy atom. The normalized spacial score (nSPS) is 11.8. The predicted octanol–water partition coefficient (Wildman–Crippen LogP) is 3.73. The average Bonchev–Trinajstić information content (AvgIpc) is 2.01.